The van der Waals surface area contributed by atoms with E-state index in [0.717, 1.165) is 61.1 Å². The van der Waals surface area contributed by atoms with E-state index in [1.807, 2.05) is 28.3 Å². The van der Waals surface area contributed by atoms with Gasteiger partial charge in [-0.2, -0.15) is 0 Å². The third-order valence-electron chi connectivity index (χ3n) is 8.47. The molecule has 36 heavy (non-hydrogen) atoms. The normalized spacial score (nSPS) is 28.9. The van der Waals surface area contributed by atoms with E-state index in [4.69, 9.17) is 20.2 Å². The summed E-state index contributed by atoms with van der Waals surface area (Å²) in [6.45, 7) is 5.83. The first-order chi connectivity index (χ1) is 17.5. The number of pyridine rings is 1. The molecule has 190 valence electrons. The molecule has 3 saturated heterocycles. The lowest BCUT2D eigenvalue weighted by molar-refractivity contribution is 0.0974. The number of ether oxygens (including phenoxy) is 2. The number of hydrogen-bond donors (Lipinski definition) is 1. The van der Waals surface area contributed by atoms with Crippen LogP contribution in [0.15, 0.2) is 34.6 Å². The number of carbonyl (C=O) groups is 1. The Morgan fingerprint density at radius 3 is 2.67 bits per heavy atom. The Morgan fingerprint density at radius 2 is 1.97 bits per heavy atom. The first-order valence-corrected chi connectivity index (χ1v) is 13.7. The highest BCUT2D eigenvalue weighted by molar-refractivity contribution is 7.99. The zero-order chi connectivity index (χ0) is 24.4. The molecule has 1 spiro atoms. The Balaban J connectivity index is 1.05. The number of anilines is 2. The molecule has 1 aliphatic carbocycles. The van der Waals surface area contributed by atoms with Crippen molar-refractivity contribution in [3.05, 3.63) is 24.7 Å². The standard InChI is InChI=1S/C25H31N7O3S/c1-15-22(26)25(14-35-15)5-8-30(9-6-25)19-10-29-20(11-28-19)36-18-4-7-27-23-21(18)34-13-17-12-31(16-2-3-16)24(33)32(17)23/h4,7,10-11,15-17,22H,2-3,5-6,8-9,12-14,26H2,1H3/t15-,17?,22+/m0/s1. The van der Waals surface area contributed by atoms with Crippen LogP contribution in [0.2, 0.25) is 0 Å². The molecule has 0 aromatic carbocycles. The molecule has 6 heterocycles. The van der Waals surface area contributed by atoms with Crippen molar-refractivity contribution in [3.8, 4) is 5.75 Å². The molecule has 0 radical (unpaired) electrons. The van der Waals surface area contributed by atoms with Gasteiger partial charge in [0.05, 0.1) is 36.0 Å². The molecule has 1 unspecified atom stereocenters. The van der Waals surface area contributed by atoms with Gasteiger partial charge in [0, 0.05) is 43.3 Å². The van der Waals surface area contributed by atoms with Crippen molar-refractivity contribution >= 4 is 29.4 Å². The monoisotopic (exact) mass is 509 g/mol. The van der Waals surface area contributed by atoms with E-state index in [1.54, 1.807) is 6.20 Å². The predicted molar refractivity (Wildman–Crippen MR) is 135 cm³/mol. The predicted octanol–water partition coefficient (Wildman–Crippen LogP) is 2.52. The van der Waals surface area contributed by atoms with Crippen molar-refractivity contribution in [2.45, 2.75) is 66.8 Å². The average molecular weight is 510 g/mol. The Kier molecular flexibility index (Phi) is 5.30. The summed E-state index contributed by atoms with van der Waals surface area (Å²) in [5, 5.41) is 0.777. The van der Waals surface area contributed by atoms with Gasteiger partial charge in [-0.05, 0) is 38.7 Å². The number of urea groups is 1. The molecule has 7 rings (SSSR count). The zero-order valence-corrected chi connectivity index (χ0v) is 21.2. The van der Waals surface area contributed by atoms with Gasteiger partial charge in [0.2, 0.25) is 0 Å². The number of amides is 2. The molecule has 10 nitrogen and oxygen atoms in total. The largest absolute Gasteiger partial charge is 0.486 e. The van der Waals surface area contributed by atoms with E-state index in [9.17, 15) is 4.79 Å². The Hall–Kier alpha value is -2.63. The molecule has 2 amide bonds. The Morgan fingerprint density at radius 1 is 1.14 bits per heavy atom. The van der Waals surface area contributed by atoms with Gasteiger partial charge < -0.3 is 25.0 Å². The minimum atomic E-state index is 0.0228. The molecule has 5 aliphatic rings. The van der Waals surface area contributed by atoms with Crippen LogP contribution >= 0.6 is 11.8 Å². The average Bonchev–Trinajstić information content (AvgIpc) is 3.65. The summed E-state index contributed by atoms with van der Waals surface area (Å²) in [5.74, 6) is 2.15. The van der Waals surface area contributed by atoms with Gasteiger partial charge in [-0.1, -0.05) is 11.8 Å². The number of nitrogens with zero attached hydrogens (tertiary/aromatic N) is 6. The van der Waals surface area contributed by atoms with E-state index in [-0.39, 0.29) is 29.6 Å². The first kappa shape index (κ1) is 22.6. The van der Waals surface area contributed by atoms with Gasteiger partial charge in [-0.25, -0.2) is 19.7 Å². The van der Waals surface area contributed by atoms with Crippen LogP contribution in [0.3, 0.4) is 0 Å². The number of aromatic nitrogens is 3. The van der Waals surface area contributed by atoms with Gasteiger partial charge in [-0.3, -0.25) is 4.90 Å². The molecule has 4 fully saturated rings. The molecule has 2 aromatic heterocycles. The molecule has 4 aliphatic heterocycles. The zero-order valence-electron chi connectivity index (χ0n) is 20.4. The smallest absolute Gasteiger partial charge is 0.326 e. The van der Waals surface area contributed by atoms with Crippen LogP contribution in [0.5, 0.6) is 5.75 Å². The summed E-state index contributed by atoms with van der Waals surface area (Å²) in [5.41, 5.74) is 6.55. The molecular weight excluding hydrogens is 478 g/mol. The first-order valence-electron chi connectivity index (χ1n) is 12.9. The second kappa shape index (κ2) is 8.46. The third-order valence-corrected chi connectivity index (χ3v) is 9.43. The summed E-state index contributed by atoms with van der Waals surface area (Å²) < 4.78 is 12.0. The molecule has 0 bridgehead atoms. The van der Waals surface area contributed by atoms with E-state index in [2.05, 4.69) is 21.8 Å². The highest BCUT2D eigenvalue weighted by Gasteiger charge is 2.49. The number of carbonyl (C=O) groups excluding carboxylic acids is 1. The fraction of sp³-hybridized carbons (Fsp3) is 0.600. The molecule has 1 saturated carbocycles. The number of hydrogen-bond acceptors (Lipinski definition) is 9. The minimum Gasteiger partial charge on any atom is -0.486 e. The molecule has 11 heteroatoms. The minimum absolute atomic E-state index is 0.0228. The number of fused-ring (bicyclic) bond motifs is 3. The van der Waals surface area contributed by atoms with Gasteiger partial charge in [0.25, 0.3) is 0 Å². The number of rotatable bonds is 4. The summed E-state index contributed by atoms with van der Waals surface area (Å²) in [7, 11) is 0. The van der Waals surface area contributed by atoms with Crippen molar-refractivity contribution < 1.29 is 14.3 Å². The van der Waals surface area contributed by atoms with Crippen LogP contribution in [0, 0.1) is 5.41 Å². The van der Waals surface area contributed by atoms with Crippen molar-refractivity contribution in [1.29, 1.82) is 0 Å². The lowest BCUT2D eigenvalue weighted by Gasteiger charge is -2.41. The molecule has 2 N–H and O–H groups in total. The quantitative estimate of drug-likeness (QED) is 0.665. The molecular formula is C25H31N7O3S. The lowest BCUT2D eigenvalue weighted by Crippen LogP contribution is -2.50. The van der Waals surface area contributed by atoms with E-state index < -0.39 is 0 Å². The van der Waals surface area contributed by atoms with Crippen LogP contribution in [0.1, 0.15) is 32.6 Å². The maximum Gasteiger partial charge on any atom is 0.326 e. The SMILES string of the molecule is C[C@@H]1OCC2(CCN(c3cnc(Sc4ccnc5c4OCC4CN(C6CC6)C(=O)N54)cn3)CC2)[C@@H]1N. The third kappa shape index (κ3) is 3.62. The van der Waals surface area contributed by atoms with Crippen molar-refractivity contribution in [1.82, 2.24) is 19.9 Å². The highest BCUT2D eigenvalue weighted by Crippen LogP contribution is 2.45. The van der Waals surface area contributed by atoms with Crippen LogP contribution < -0.4 is 20.3 Å². The maximum atomic E-state index is 13.1. The fourth-order valence-electron chi connectivity index (χ4n) is 6.04. The Labute approximate surface area is 214 Å². The molecule has 3 atom stereocenters. The van der Waals surface area contributed by atoms with Gasteiger partial charge in [0.15, 0.2) is 11.6 Å². The summed E-state index contributed by atoms with van der Waals surface area (Å²) >= 11 is 1.49. The fourth-order valence-corrected chi connectivity index (χ4v) is 6.85. The highest BCUT2D eigenvalue weighted by atomic mass is 32.2. The van der Waals surface area contributed by atoms with Crippen LogP contribution in [-0.2, 0) is 4.74 Å². The van der Waals surface area contributed by atoms with Crippen molar-refractivity contribution in [3.63, 3.8) is 0 Å². The van der Waals surface area contributed by atoms with E-state index >= 15 is 0 Å². The van der Waals surface area contributed by atoms with Crippen molar-refractivity contribution in [2.75, 3.05) is 42.6 Å². The van der Waals surface area contributed by atoms with Crippen molar-refractivity contribution in [2.24, 2.45) is 11.1 Å². The summed E-state index contributed by atoms with van der Waals surface area (Å²) in [6, 6.07) is 2.47. The second-order valence-corrected chi connectivity index (χ2v) is 11.7. The number of piperidine rings is 1. The summed E-state index contributed by atoms with van der Waals surface area (Å²) in [4.78, 5) is 34.0. The van der Waals surface area contributed by atoms with Gasteiger partial charge in [0.1, 0.15) is 17.5 Å². The lowest BCUT2D eigenvalue weighted by atomic mass is 9.73. The number of nitrogens with two attached hydrogens (primary N) is 1. The maximum absolute atomic E-state index is 13.1. The van der Waals surface area contributed by atoms with E-state index in [0.29, 0.717) is 30.8 Å². The van der Waals surface area contributed by atoms with Crippen LogP contribution in [0.4, 0.5) is 16.4 Å². The van der Waals surface area contributed by atoms with Gasteiger partial charge >= 0.3 is 6.03 Å². The second-order valence-electron chi connectivity index (χ2n) is 10.7. The Bertz CT molecular complexity index is 1170. The summed E-state index contributed by atoms with van der Waals surface area (Å²) in [6.07, 6.45) is 9.72. The van der Waals surface area contributed by atoms with E-state index in [1.165, 1.54) is 11.8 Å². The van der Waals surface area contributed by atoms with Crippen LogP contribution in [0.25, 0.3) is 0 Å². The molecule has 2 aromatic rings. The van der Waals surface area contributed by atoms with Gasteiger partial charge in [-0.15, -0.1) is 0 Å². The topological polar surface area (TPSA) is 110 Å². The van der Waals surface area contributed by atoms with Crippen LogP contribution in [-0.4, -0.2) is 83.0 Å².